The van der Waals surface area contributed by atoms with E-state index >= 15 is 0 Å². The fourth-order valence-corrected chi connectivity index (χ4v) is 2.01. The van der Waals surface area contributed by atoms with Gasteiger partial charge in [0.2, 0.25) is 5.78 Å². The van der Waals surface area contributed by atoms with Crippen LogP contribution in [0.15, 0.2) is 48.1 Å². The number of fused-ring (bicyclic) bond motifs is 2. The quantitative estimate of drug-likeness (QED) is 0.482. The molecule has 0 bridgehead atoms. The minimum absolute atomic E-state index is 0.428. The van der Waals surface area contributed by atoms with Crippen molar-refractivity contribution in [2.24, 2.45) is 0 Å². The first-order chi connectivity index (χ1) is 7.79. The molecule has 0 amide bonds. The molecule has 0 N–H and O–H groups in total. The van der Waals surface area contributed by atoms with E-state index in [2.05, 4.69) is 6.08 Å². The van der Waals surface area contributed by atoms with Crippen molar-refractivity contribution in [3.63, 3.8) is 0 Å². The summed E-state index contributed by atoms with van der Waals surface area (Å²) >= 11 is 0. The average Bonchev–Trinajstić information content (AvgIpc) is 2.36. The van der Waals surface area contributed by atoms with E-state index in [1.54, 1.807) is 24.3 Å². The summed E-state index contributed by atoms with van der Waals surface area (Å²) in [5.74, 6) is -0.867. The van der Waals surface area contributed by atoms with E-state index in [0.717, 1.165) is 11.1 Å². The van der Waals surface area contributed by atoms with Crippen LogP contribution in [-0.4, -0.2) is 11.6 Å². The maximum atomic E-state index is 11.8. The summed E-state index contributed by atoms with van der Waals surface area (Å²) in [7, 11) is 0. The van der Waals surface area contributed by atoms with Crippen LogP contribution < -0.4 is 0 Å². The molecular weight excluding hydrogens is 200 g/mol. The van der Waals surface area contributed by atoms with E-state index in [9.17, 15) is 9.59 Å². The zero-order valence-corrected chi connectivity index (χ0v) is 8.36. The molecule has 74 valence electrons. The van der Waals surface area contributed by atoms with Gasteiger partial charge in [0.25, 0.3) is 5.78 Å². The standard InChI is InChI=1S/C14H7O2/c15-13-11-7-3-1-5-9(11)10-6-2-4-8-12(10)14(13)16/h1-3,5-8H/q+1. The highest BCUT2D eigenvalue weighted by atomic mass is 16.2. The Labute approximate surface area is 92.6 Å². The molecule has 0 fully saturated rings. The van der Waals surface area contributed by atoms with Crippen molar-refractivity contribution in [3.05, 3.63) is 65.3 Å². The Kier molecular flexibility index (Phi) is 1.73. The normalized spacial score (nSPS) is 17.0. The number of carbonyl (C=O) groups is 2. The van der Waals surface area contributed by atoms with Gasteiger partial charge in [0.05, 0.1) is 6.08 Å². The zero-order valence-electron chi connectivity index (χ0n) is 8.36. The first-order valence-electron chi connectivity index (χ1n) is 4.97. The van der Waals surface area contributed by atoms with Crippen LogP contribution >= 0.6 is 0 Å². The van der Waals surface area contributed by atoms with Crippen LogP contribution in [0.3, 0.4) is 0 Å². The van der Waals surface area contributed by atoms with Crippen LogP contribution in [0.1, 0.15) is 15.9 Å². The fourth-order valence-electron chi connectivity index (χ4n) is 2.01. The van der Waals surface area contributed by atoms with Crippen LogP contribution in [0.2, 0.25) is 0 Å². The van der Waals surface area contributed by atoms with Crippen LogP contribution in [-0.2, 0) is 4.79 Å². The maximum Gasteiger partial charge on any atom is 0.289 e. The number of ketones is 2. The monoisotopic (exact) mass is 207 g/mol. The molecular formula is C14H7O2+. The van der Waals surface area contributed by atoms with Crippen LogP contribution in [0.4, 0.5) is 0 Å². The van der Waals surface area contributed by atoms with Crippen LogP contribution in [0.25, 0.3) is 5.57 Å². The summed E-state index contributed by atoms with van der Waals surface area (Å²) in [4.78, 5) is 23.6. The average molecular weight is 207 g/mol. The van der Waals surface area contributed by atoms with Gasteiger partial charge in [-0.25, -0.2) is 0 Å². The van der Waals surface area contributed by atoms with Crippen molar-refractivity contribution < 1.29 is 9.59 Å². The number of hydrogen-bond donors (Lipinski definition) is 0. The van der Waals surface area contributed by atoms with Gasteiger partial charge >= 0.3 is 0 Å². The molecule has 1 aromatic carbocycles. The van der Waals surface area contributed by atoms with E-state index in [0.29, 0.717) is 11.1 Å². The van der Waals surface area contributed by atoms with Gasteiger partial charge in [-0.3, -0.25) is 9.59 Å². The molecule has 0 saturated heterocycles. The molecule has 0 saturated carbocycles. The lowest BCUT2D eigenvalue weighted by Crippen LogP contribution is -2.23. The van der Waals surface area contributed by atoms with E-state index in [4.69, 9.17) is 0 Å². The predicted octanol–water partition coefficient (Wildman–Crippen LogP) is 2.13. The number of allylic oxidation sites excluding steroid dienone is 6. The molecule has 3 rings (SSSR count). The summed E-state index contributed by atoms with van der Waals surface area (Å²) < 4.78 is 0. The molecule has 16 heavy (non-hydrogen) atoms. The van der Waals surface area contributed by atoms with Crippen molar-refractivity contribution in [1.29, 1.82) is 0 Å². The van der Waals surface area contributed by atoms with Gasteiger partial charge in [0.15, 0.2) is 0 Å². The van der Waals surface area contributed by atoms with Crippen LogP contribution in [0, 0.1) is 6.08 Å². The molecule has 0 aromatic heterocycles. The van der Waals surface area contributed by atoms with Crippen molar-refractivity contribution >= 4 is 17.1 Å². The lowest BCUT2D eigenvalue weighted by atomic mass is 9.82. The Morgan fingerprint density at radius 2 is 1.62 bits per heavy atom. The third-order valence-corrected chi connectivity index (χ3v) is 2.78. The molecule has 2 nitrogen and oxygen atoms in total. The predicted molar refractivity (Wildman–Crippen MR) is 59.7 cm³/mol. The summed E-state index contributed by atoms with van der Waals surface area (Å²) in [6.45, 7) is 0. The SMILES string of the molecule is O=C1C(=O)c2ccccc2C2=C1C=[C+]C=C2. The third kappa shape index (κ3) is 1.05. The highest BCUT2D eigenvalue weighted by Crippen LogP contribution is 2.32. The van der Waals surface area contributed by atoms with Gasteiger partial charge in [-0.1, -0.05) is 24.3 Å². The Balaban J connectivity index is 2.38. The number of carbonyl (C=O) groups excluding carboxylic acids is 2. The second-order valence-corrected chi connectivity index (χ2v) is 3.68. The molecule has 0 unspecified atom stereocenters. The van der Waals surface area contributed by atoms with Gasteiger partial charge in [-0.2, -0.15) is 0 Å². The zero-order chi connectivity index (χ0) is 11.1. The minimum atomic E-state index is -0.439. The van der Waals surface area contributed by atoms with E-state index in [1.807, 2.05) is 18.2 Å². The lowest BCUT2D eigenvalue weighted by molar-refractivity contribution is -0.111. The van der Waals surface area contributed by atoms with Crippen LogP contribution in [0.5, 0.6) is 0 Å². The maximum absolute atomic E-state index is 11.8. The number of rotatable bonds is 0. The molecule has 0 aliphatic heterocycles. The first kappa shape index (κ1) is 8.96. The third-order valence-electron chi connectivity index (χ3n) is 2.78. The molecule has 0 radical (unpaired) electrons. The molecule has 2 heteroatoms. The van der Waals surface area contributed by atoms with Gasteiger partial charge in [0, 0.05) is 17.2 Å². The summed E-state index contributed by atoms with van der Waals surface area (Å²) in [6.07, 6.45) is 7.97. The smallest absolute Gasteiger partial charge is 0.283 e. The molecule has 2 aliphatic rings. The highest BCUT2D eigenvalue weighted by Gasteiger charge is 2.36. The minimum Gasteiger partial charge on any atom is -0.283 e. The largest absolute Gasteiger partial charge is 0.289 e. The Morgan fingerprint density at radius 3 is 2.44 bits per heavy atom. The van der Waals surface area contributed by atoms with Crippen molar-refractivity contribution in [1.82, 2.24) is 0 Å². The van der Waals surface area contributed by atoms with Crippen molar-refractivity contribution in [2.75, 3.05) is 0 Å². The Hall–Kier alpha value is -2.31. The van der Waals surface area contributed by atoms with Gasteiger partial charge in [-0.05, 0) is 0 Å². The second-order valence-electron chi connectivity index (χ2n) is 3.68. The Morgan fingerprint density at radius 1 is 0.875 bits per heavy atom. The molecule has 0 atom stereocenters. The van der Waals surface area contributed by atoms with Gasteiger partial charge in [0.1, 0.15) is 23.3 Å². The fraction of sp³-hybridized carbons (Fsp3) is 0. The van der Waals surface area contributed by atoms with E-state index in [-0.39, 0.29) is 0 Å². The van der Waals surface area contributed by atoms with Gasteiger partial charge in [-0.15, -0.1) is 0 Å². The molecule has 0 heterocycles. The van der Waals surface area contributed by atoms with E-state index in [1.165, 1.54) is 0 Å². The highest BCUT2D eigenvalue weighted by molar-refractivity contribution is 6.53. The molecule has 1 aromatic rings. The number of Topliss-reactive ketones (excluding diaryl/α,β-unsaturated/α-hetero) is 2. The summed E-state index contributed by atoms with van der Waals surface area (Å²) in [5, 5.41) is 0. The number of hydrogen-bond acceptors (Lipinski definition) is 2. The Bertz CT molecular complexity index is 601. The summed E-state index contributed by atoms with van der Waals surface area (Å²) in [5.41, 5.74) is 2.59. The summed E-state index contributed by atoms with van der Waals surface area (Å²) in [6, 6.07) is 7.18. The topological polar surface area (TPSA) is 34.1 Å². The van der Waals surface area contributed by atoms with Crippen molar-refractivity contribution in [2.45, 2.75) is 0 Å². The van der Waals surface area contributed by atoms with E-state index < -0.39 is 11.6 Å². The molecule has 2 aliphatic carbocycles. The second kappa shape index (κ2) is 3.09. The number of benzene rings is 1. The lowest BCUT2D eigenvalue weighted by Gasteiger charge is -2.13. The van der Waals surface area contributed by atoms with Gasteiger partial charge < -0.3 is 0 Å². The molecule has 0 spiro atoms. The first-order valence-corrected chi connectivity index (χ1v) is 4.97. The van der Waals surface area contributed by atoms with Crippen molar-refractivity contribution in [3.8, 4) is 0 Å².